The van der Waals surface area contributed by atoms with Gasteiger partial charge in [0.05, 0.1) is 5.75 Å². The molecule has 1 rings (SSSR count). The fourth-order valence-electron chi connectivity index (χ4n) is 1.43. The molecule has 0 aliphatic carbocycles. The van der Waals surface area contributed by atoms with Gasteiger partial charge in [0.2, 0.25) is 15.9 Å². The van der Waals surface area contributed by atoms with Crippen molar-refractivity contribution in [3.8, 4) is 0 Å². The second kappa shape index (κ2) is 4.72. The Bertz CT molecular complexity index is 301. The van der Waals surface area contributed by atoms with Crippen molar-refractivity contribution in [2.75, 3.05) is 18.8 Å². The molecular formula is C7H15N3O3S. The molecule has 6 nitrogen and oxygen atoms in total. The minimum atomic E-state index is -3.02. The average molecular weight is 221 g/mol. The quantitative estimate of drug-likeness (QED) is 0.354. The van der Waals surface area contributed by atoms with Gasteiger partial charge in [0.25, 0.3) is 0 Å². The third kappa shape index (κ3) is 2.93. The molecule has 1 heterocycles. The predicted octanol–water partition coefficient (Wildman–Crippen LogP) is -1.21. The SMILES string of the molecule is NNC(=O)CCCN1CCCS1(=O)=O. The van der Waals surface area contributed by atoms with Crippen LogP contribution in [-0.2, 0) is 14.8 Å². The third-order valence-electron chi connectivity index (χ3n) is 2.18. The first-order valence-corrected chi connectivity index (χ1v) is 6.14. The summed E-state index contributed by atoms with van der Waals surface area (Å²) >= 11 is 0. The van der Waals surface area contributed by atoms with E-state index >= 15 is 0 Å². The number of hydrogen-bond donors (Lipinski definition) is 2. The molecular weight excluding hydrogens is 206 g/mol. The third-order valence-corrected chi connectivity index (χ3v) is 4.13. The molecule has 1 aliphatic rings. The summed E-state index contributed by atoms with van der Waals surface area (Å²) in [6.45, 7) is 0.988. The lowest BCUT2D eigenvalue weighted by Crippen LogP contribution is -2.32. The van der Waals surface area contributed by atoms with E-state index < -0.39 is 10.0 Å². The monoisotopic (exact) mass is 221 g/mol. The molecule has 0 aromatic carbocycles. The Kier molecular flexibility index (Phi) is 3.85. The van der Waals surface area contributed by atoms with Crippen LogP contribution in [0.25, 0.3) is 0 Å². The van der Waals surface area contributed by atoms with Crippen LogP contribution in [-0.4, -0.2) is 37.5 Å². The average Bonchev–Trinajstić information content (AvgIpc) is 2.45. The summed E-state index contributed by atoms with van der Waals surface area (Å²) in [5, 5.41) is 0. The fourth-order valence-corrected chi connectivity index (χ4v) is 3.00. The normalized spacial score (nSPS) is 20.9. The summed E-state index contributed by atoms with van der Waals surface area (Å²) < 4.78 is 24.0. The highest BCUT2D eigenvalue weighted by molar-refractivity contribution is 7.89. The molecule has 0 atom stereocenters. The maximum atomic E-state index is 11.3. The number of amides is 1. The maximum absolute atomic E-state index is 11.3. The van der Waals surface area contributed by atoms with Crippen LogP contribution in [0.1, 0.15) is 19.3 Å². The molecule has 1 amide bonds. The number of nitrogens with two attached hydrogens (primary N) is 1. The van der Waals surface area contributed by atoms with Gasteiger partial charge in [0.1, 0.15) is 0 Å². The number of nitrogens with one attached hydrogen (secondary N) is 1. The van der Waals surface area contributed by atoms with E-state index in [1.807, 2.05) is 5.43 Å². The van der Waals surface area contributed by atoms with Crippen molar-refractivity contribution in [3.05, 3.63) is 0 Å². The molecule has 7 heteroatoms. The number of sulfonamides is 1. The smallest absolute Gasteiger partial charge is 0.233 e. The lowest BCUT2D eigenvalue weighted by molar-refractivity contribution is -0.121. The Morgan fingerprint density at radius 1 is 1.50 bits per heavy atom. The molecule has 0 radical (unpaired) electrons. The van der Waals surface area contributed by atoms with Crippen molar-refractivity contribution < 1.29 is 13.2 Å². The molecule has 14 heavy (non-hydrogen) atoms. The zero-order valence-electron chi connectivity index (χ0n) is 7.90. The Morgan fingerprint density at radius 3 is 2.71 bits per heavy atom. The van der Waals surface area contributed by atoms with Gasteiger partial charge in [-0.25, -0.2) is 18.6 Å². The van der Waals surface area contributed by atoms with Crippen LogP contribution >= 0.6 is 0 Å². The molecule has 82 valence electrons. The number of carbonyl (C=O) groups is 1. The van der Waals surface area contributed by atoms with Crippen LogP contribution in [0.5, 0.6) is 0 Å². The lowest BCUT2D eigenvalue weighted by Gasteiger charge is -2.13. The van der Waals surface area contributed by atoms with E-state index in [2.05, 4.69) is 0 Å². The van der Waals surface area contributed by atoms with Crippen LogP contribution in [0.15, 0.2) is 0 Å². The minimum Gasteiger partial charge on any atom is -0.294 e. The molecule has 1 fully saturated rings. The van der Waals surface area contributed by atoms with Crippen molar-refractivity contribution in [1.29, 1.82) is 0 Å². The summed E-state index contributed by atoms with van der Waals surface area (Å²) in [7, 11) is -3.02. The maximum Gasteiger partial charge on any atom is 0.233 e. The van der Waals surface area contributed by atoms with Gasteiger partial charge in [-0.1, -0.05) is 0 Å². The molecule has 0 unspecified atom stereocenters. The van der Waals surface area contributed by atoms with E-state index in [-0.39, 0.29) is 18.1 Å². The number of hydrazine groups is 1. The number of carbonyl (C=O) groups excluding carboxylic acids is 1. The highest BCUT2D eigenvalue weighted by Gasteiger charge is 2.27. The second-order valence-corrected chi connectivity index (χ2v) is 5.33. The molecule has 0 bridgehead atoms. The van der Waals surface area contributed by atoms with Crippen LogP contribution in [0.4, 0.5) is 0 Å². The van der Waals surface area contributed by atoms with Crippen molar-refractivity contribution in [3.63, 3.8) is 0 Å². The van der Waals surface area contributed by atoms with E-state index in [1.54, 1.807) is 0 Å². The van der Waals surface area contributed by atoms with Gasteiger partial charge >= 0.3 is 0 Å². The lowest BCUT2D eigenvalue weighted by atomic mass is 10.3. The van der Waals surface area contributed by atoms with Gasteiger partial charge in [-0.05, 0) is 12.8 Å². The zero-order valence-corrected chi connectivity index (χ0v) is 8.72. The van der Waals surface area contributed by atoms with Crippen LogP contribution < -0.4 is 11.3 Å². The van der Waals surface area contributed by atoms with Crippen molar-refractivity contribution >= 4 is 15.9 Å². The molecule has 1 aliphatic heterocycles. The second-order valence-electron chi connectivity index (χ2n) is 3.24. The van der Waals surface area contributed by atoms with Gasteiger partial charge in [0, 0.05) is 19.5 Å². The van der Waals surface area contributed by atoms with Gasteiger partial charge in [-0.3, -0.25) is 10.2 Å². The van der Waals surface area contributed by atoms with E-state index in [9.17, 15) is 13.2 Å². The number of rotatable bonds is 4. The largest absolute Gasteiger partial charge is 0.294 e. The number of hydrogen-bond acceptors (Lipinski definition) is 4. The minimum absolute atomic E-state index is 0.232. The Morgan fingerprint density at radius 2 is 2.21 bits per heavy atom. The van der Waals surface area contributed by atoms with E-state index in [4.69, 9.17) is 5.84 Å². The van der Waals surface area contributed by atoms with E-state index in [0.717, 1.165) is 0 Å². The highest BCUT2D eigenvalue weighted by Crippen LogP contribution is 2.13. The first kappa shape index (κ1) is 11.4. The molecule has 0 aromatic heterocycles. The zero-order chi connectivity index (χ0) is 10.6. The van der Waals surface area contributed by atoms with Crippen LogP contribution in [0.3, 0.4) is 0 Å². The van der Waals surface area contributed by atoms with Gasteiger partial charge in [0.15, 0.2) is 0 Å². The van der Waals surface area contributed by atoms with Crippen molar-refractivity contribution in [2.45, 2.75) is 19.3 Å². The van der Waals surface area contributed by atoms with Gasteiger partial charge in [-0.15, -0.1) is 0 Å². The summed E-state index contributed by atoms with van der Waals surface area (Å²) in [5.74, 6) is 4.86. The number of nitrogens with zero attached hydrogens (tertiary/aromatic N) is 1. The van der Waals surface area contributed by atoms with Crippen LogP contribution in [0.2, 0.25) is 0 Å². The van der Waals surface area contributed by atoms with Gasteiger partial charge in [-0.2, -0.15) is 0 Å². The predicted molar refractivity (Wildman–Crippen MR) is 51.5 cm³/mol. The summed E-state index contributed by atoms with van der Waals surface area (Å²) in [6.07, 6.45) is 1.47. The Balaban J connectivity index is 2.29. The van der Waals surface area contributed by atoms with Crippen molar-refractivity contribution in [1.82, 2.24) is 9.73 Å². The first-order valence-electron chi connectivity index (χ1n) is 4.53. The summed E-state index contributed by atoms with van der Waals surface area (Å²) in [6, 6.07) is 0. The molecule has 0 saturated carbocycles. The summed E-state index contributed by atoms with van der Waals surface area (Å²) in [4.78, 5) is 10.7. The van der Waals surface area contributed by atoms with Crippen LogP contribution in [0, 0.1) is 0 Å². The molecule has 0 aromatic rings. The standard InChI is InChI=1S/C7H15N3O3S/c8-9-7(11)3-1-4-10-5-2-6-14(10,12)13/h1-6,8H2,(H,9,11). The van der Waals surface area contributed by atoms with Gasteiger partial charge < -0.3 is 0 Å². The first-order chi connectivity index (χ1) is 6.56. The Labute approximate surface area is 83.5 Å². The summed E-state index contributed by atoms with van der Waals surface area (Å²) in [5.41, 5.74) is 2.00. The molecule has 0 spiro atoms. The van der Waals surface area contributed by atoms with E-state index in [1.165, 1.54) is 4.31 Å². The van der Waals surface area contributed by atoms with E-state index in [0.29, 0.717) is 25.9 Å². The topological polar surface area (TPSA) is 92.5 Å². The molecule has 1 saturated heterocycles. The Hall–Kier alpha value is -0.660. The van der Waals surface area contributed by atoms with Crippen molar-refractivity contribution in [2.24, 2.45) is 5.84 Å². The highest BCUT2D eigenvalue weighted by atomic mass is 32.2. The molecule has 3 N–H and O–H groups in total. The fraction of sp³-hybridized carbons (Fsp3) is 0.857.